The van der Waals surface area contributed by atoms with E-state index in [0.717, 1.165) is 27.2 Å². The van der Waals surface area contributed by atoms with Crippen LogP contribution < -0.4 is 4.90 Å². The maximum Gasteiger partial charge on any atom is 0.142 e. The summed E-state index contributed by atoms with van der Waals surface area (Å²) in [5.41, 5.74) is 0. The smallest absolute Gasteiger partial charge is 0.142 e. The van der Waals surface area contributed by atoms with E-state index in [9.17, 15) is 0 Å². The standard InChI is InChI=1S/C11H16Br2N2/c1-8(2)4-5-15(3)11-10(13)6-9(12)7-14-11/h6-8H,4-5H2,1-3H3. The van der Waals surface area contributed by atoms with E-state index in [2.05, 4.69) is 62.6 Å². The second-order valence-corrected chi connectivity index (χ2v) is 5.83. The molecule has 0 aliphatic carbocycles. The van der Waals surface area contributed by atoms with Crippen LogP contribution in [0.2, 0.25) is 0 Å². The molecule has 0 spiro atoms. The van der Waals surface area contributed by atoms with Gasteiger partial charge in [-0.2, -0.15) is 0 Å². The molecule has 1 aromatic heterocycles. The molecule has 0 atom stereocenters. The molecule has 0 aliphatic rings. The number of rotatable bonds is 4. The monoisotopic (exact) mass is 334 g/mol. The molecular formula is C11H16Br2N2. The minimum Gasteiger partial charge on any atom is -0.359 e. The molecule has 1 rings (SSSR count). The van der Waals surface area contributed by atoms with Gasteiger partial charge in [-0.15, -0.1) is 0 Å². The van der Waals surface area contributed by atoms with Gasteiger partial charge in [0.25, 0.3) is 0 Å². The van der Waals surface area contributed by atoms with E-state index >= 15 is 0 Å². The molecule has 1 aromatic rings. The zero-order valence-electron chi connectivity index (χ0n) is 9.30. The molecule has 0 saturated heterocycles. The lowest BCUT2D eigenvalue weighted by Gasteiger charge is -2.20. The van der Waals surface area contributed by atoms with E-state index in [-0.39, 0.29) is 0 Å². The average Bonchev–Trinajstić information content (AvgIpc) is 2.14. The Morgan fingerprint density at radius 3 is 2.60 bits per heavy atom. The van der Waals surface area contributed by atoms with E-state index in [1.54, 1.807) is 0 Å². The van der Waals surface area contributed by atoms with Crippen LogP contribution in [-0.4, -0.2) is 18.6 Å². The molecule has 4 heteroatoms. The Hall–Kier alpha value is -0.0900. The average molecular weight is 336 g/mol. The van der Waals surface area contributed by atoms with Crippen LogP contribution in [0.3, 0.4) is 0 Å². The van der Waals surface area contributed by atoms with Crippen molar-refractivity contribution >= 4 is 37.7 Å². The molecule has 1 heterocycles. The van der Waals surface area contributed by atoms with Gasteiger partial charge in [0.05, 0.1) is 4.47 Å². The van der Waals surface area contributed by atoms with Crippen molar-refractivity contribution in [2.45, 2.75) is 20.3 Å². The summed E-state index contributed by atoms with van der Waals surface area (Å²) in [5, 5.41) is 0. The highest BCUT2D eigenvalue weighted by atomic mass is 79.9. The first-order valence-corrected chi connectivity index (χ1v) is 6.61. The Morgan fingerprint density at radius 2 is 2.07 bits per heavy atom. The molecule has 0 bridgehead atoms. The van der Waals surface area contributed by atoms with Gasteiger partial charge in [-0.05, 0) is 50.3 Å². The van der Waals surface area contributed by atoms with E-state index in [1.807, 2.05) is 12.3 Å². The normalized spacial score (nSPS) is 10.8. The Bertz CT molecular complexity index is 326. The Balaban J connectivity index is 2.69. The topological polar surface area (TPSA) is 16.1 Å². The van der Waals surface area contributed by atoms with Crippen LogP contribution in [0.1, 0.15) is 20.3 Å². The zero-order valence-corrected chi connectivity index (χ0v) is 12.5. The molecule has 0 N–H and O–H groups in total. The molecule has 0 fully saturated rings. The number of nitrogens with zero attached hydrogens (tertiary/aromatic N) is 2. The number of hydrogen-bond donors (Lipinski definition) is 0. The summed E-state index contributed by atoms with van der Waals surface area (Å²) in [6, 6.07) is 2.02. The van der Waals surface area contributed by atoms with E-state index < -0.39 is 0 Å². The minimum atomic E-state index is 0.724. The molecule has 2 nitrogen and oxygen atoms in total. The highest BCUT2D eigenvalue weighted by Gasteiger charge is 2.08. The summed E-state index contributed by atoms with van der Waals surface area (Å²) in [6.45, 7) is 5.50. The van der Waals surface area contributed by atoms with Crippen LogP contribution in [0.4, 0.5) is 5.82 Å². The third-order valence-electron chi connectivity index (χ3n) is 2.19. The van der Waals surface area contributed by atoms with Crippen LogP contribution >= 0.6 is 31.9 Å². The van der Waals surface area contributed by atoms with Gasteiger partial charge in [0.1, 0.15) is 5.82 Å². The highest BCUT2D eigenvalue weighted by molar-refractivity contribution is 9.11. The lowest BCUT2D eigenvalue weighted by atomic mass is 10.1. The van der Waals surface area contributed by atoms with Gasteiger partial charge in [-0.3, -0.25) is 0 Å². The summed E-state index contributed by atoms with van der Waals surface area (Å²) in [7, 11) is 2.07. The molecule has 0 aromatic carbocycles. The molecule has 0 unspecified atom stereocenters. The molecule has 0 radical (unpaired) electrons. The fourth-order valence-electron chi connectivity index (χ4n) is 1.25. The van der Waals surface area contributed by atoms with Crippen LogP contribution in [0.15, 0.2) is 21.2 Å². The Kier molecular flexibility index (Phi) is 5.06. The number of aromatic nitrogens is 1. The summed E-state index contributed by atoms with van der Waals surface area (Å²) >= 11 is 6.92. The van der Waals surface area contributed by atoms with E-state index in [1.165, 1.54) is 6.42 Å². The van der Waals surface area contributed by atoms with E-state index in [4.69, 9.17) is 0 Å². The quantitative estimate of drug-likeness (QED) is 0.823. The maximum absolute atomic E-state index is 4.39. The molecule has 0 amide bonds. The van der Waals surface area contributed by atoms with E-state index in [0.29, 0.717) is 0 Å². The van der Waals surface area contributed by atoms with Crippen molar-refractivity contribution in [3.63, 3.8) is 0 Å². The Morgan fingerprint density at radius 1 is 1.40 bits per heavy atom. The van der Waals surface area contributed by atoms with Gasteiger partial charge in [-0.1, -0.05) is 13.8 Å². The number of anilines is 1. The molecule has 0 saturated carbocycles. The van der Waals surface area contributed by atoms with Gasteiger partial charge in [0.15, 0.2) is 0 Å². The lowest BCUT2D eigenvalue weighted by Crippen LogP contribution is -2.21. The molecule has 84 valence electrons. The van der Waals surface area contributed by atoms with Crippen LogP contribution in [0.25, 0.3) is 0 Å². The summed E-state index contributed by atoms with van der Waals surface area (Å²) < 4.78 is 2.03. The van der Waals surface area contributed by atoms with Crippen molar-refractivity contribution in [2.24, 2.45) is 5.92 Å². The molecule has 15 heavy (non-hydrogen) atoms. The second-order valence-electron chi connectivity index (χ2n) is 4.06. The van der Waals surface area contributed by atoms with Gasteiger partial charge < -0.3 is 4.90 Å². The van der Waals surface area contributed by atoms with Gasteiger partial charge in [0.2, 0.25) is 0 Å². The first-order valence-electron chi connectivity index (χ1n) is 5.03. The first kappa shape index (κ1) is 13.0. The summed E-state index contributed by atoms with van der Waals surface area (Å²) in [4.78, 5) is 6.56. The van der Waals surface area contributed by atoms with Crippen LogP contribution in [0, 0.1) is 5.92 Å². The number of hydrogen-bond acceptors (Lipinski definition) is 2. The van der Waals surface area contributed by atoms with Gasteiger partial charge in [-0.25, -0.2) is 4.98 Å². The van der Waals surface area contributed by atoms with Crippen molar-refractivity contribution < 1.29 is 0 Å². The van der Waals surface area contributed by atoms with Crippen molar-refractivity contribution in [1.82, 2.24) is 4.98 Å². The first-order chi connectivity index (χ1) is 7.00. The number of halogens is 2. The van der Waals surface area contributed by atoms with Crippen molar-refractivity contribution in [3.05, 3.63) is 21.2 Å². The van der Waals surface area contributed by atoms with Crippen molar-refractivity contribution in [1.29, 1.82) is 0 Å². The van der Waals surface area contributed by atoms with Gasteiger partial charge >= 0.3 is 0 Å². The highest BCUT2D eigenvalue weighted by Crippen LogP contribution is 2.26. The fourth-order valence-corrected chi connectivity index (χ4v) is 2.54. The number of pyridine rings is 1. The SMILES string of the molecule is CC(C)CCN(C)c1ncc(Br)cc1Br. The maximum atomic E-state index is 4.39. The van der Waals surface area contributed by atoms with Gasteiger partial charge in [0, 0.05) is 24.3 Å². The third kappa shape index (κ3) is 4.11. The zero-order chi connectivity index (χ0) is 11.4. The summed E-state index contributed by atoms with van der Waals surface area (Å²) in [6.07, 6.45) is 3.01. The minimum absolute atomic E-state index is 0.724. The van der Waals surface area contributed by atoms with Crippen molar-refractivity contribution in [2.75, 3.05) is 18.5 Å². The fraction of sp³-hybridized carbons (Fsp3) is 0.545. The largest absolute Gasteiger partial charge is 0.359 e. The third-order valence-corrected chi connectivity index (χ3v) is 3.21. The molecule has 0 aliphatic heterocycles. The van der Waals surface area contributed by atoms with Crippen molar-refractivity contribution in [3.8, 4) is 0 Å². The second kappa shape index (κ2) is 5.85. The van der Waals surface area contributed by atoms with Crippen LogP contribution in [0.5, 0.6) is 0 Å². The lowest BCUT2D eigenvalue weighted by molar-refractivity contribution is 0.583. The summed E-state index contributed by atoms with van der Waals surface area (Å²) in [5.74, 6) is 1.72. The predicted molar refractivity (Wildman–Crippen MR) is 72.4 cm³/mol. The predicted octanol–water partition coefficient (Wildman–Crippen LogP) is 4.09. The van der Waals surface area contributed by atoms with Crippen LogP contribution in [-0.2, 0) is 0 Å². The Labute approximate surface area is 108 Å². The molecular weight excluding hydrogens is 320 g/mol.